The zero-order valence-corrected chi connectivity index (χ0v) is 17.1. The number of hydrogen-bond donors (Lipinski definition) is 2. The smallest absolute Gasteiger partial charge is 0.309 e. The summed E-state index contributed by atoms with van der Waals surface area (Å²) < 4.78 is 32.1. The molecule has 1 fully saturated rings. The Bertz CT molecular complexity index is 752. The topological polar surface area (TPSA) is 108 Å². The minimum atomic E-state index is -3.73. The van der Waals surface area contributed by atoms with Crippen molar-refractivity contribution in [3.63, 3.8) is 0 Å². The molecule has 1 aromatic carbocycles. The van der Waals surface area contributed by atoms with E-state index in [4.69, 9.17) is 4.74 Å². The zero-order valence-electron chi connectivity index (χ0n) is 16.3. The number of carbonyl (C=O) groups is 2. The van der Waals surface area contributed by atoms with Gasteiger partial charge in [-0.2, -0.15) is 4.31 Å². The first-order chi connectivity index (χ1) is 13.4. The molecular formula is C18H28N4O5S. The number of nitrogens with zero attached hydrogens (tertiary/aromatic N) is 2. The highest BCUT2D eigenvalue weighted by Gasteiger charge is 2.36. The van der Waals surface area contributed by atoms with E-state index in [0.29, 0.717) is 13.1 Å². The van der Waals surface area contributed by atoms with Crippen LogP contribution >= 0.6 is 0 Å². The quantitative estimate of drug-likeness (QED) is 0.535. The molecule has 0 aliphatic carbocycles. The van der Waals surface area contributed by atoms with Gasteiger partial charge >= 0.3 is 11.8 Å². The van der Waals surface area contributed by atoms with Crippen molar-refractivity contribution in [2.75, 3.05) is 45.9 Å². The van der Waals surface area contributed by atoms with Crippen LogP contribution in [-0.2, 0) is 24.3 Å². The molecule has 0 saturated carbocycles. The molecule has 0 radical (unpaired) electrons. The molecule has 9 nitrogen and oxygen atoms in total. The average Bonchev–Trinajstić information content (AvgIpc) is 3.19. The summed E-state index contributed by atoms with van der Waals surface area (Å²) >= 11 is 0. The molecular weight excluding hydrogens is 384 g/mol. The van der Waals surface area contributed by atoms with Gasteiger partial charge in [0.15, 0.2) is 0 Å². The van der Waals surface area contributed by atoms with Gasteiger partial charge in [-0.05, 0) is 25.2 Å². The second-order valence-corrected chi connectivity index (χ2v) is 8.14. The number of nitrogens with one attached hydrogen (secondary N) is 2. The third-order valence-electron chi connectivity index (χ3n) is 4.54. The van der Waals surface area contributed by atoms with E-state index in [1.807, 2.05) is 13.8 Å². The van der Waals surface area contributed by atoms with Gasteiger partial charge < -0.3 is 20.3 Å². The van der Waals surface area contributed by atoms with Crippen molar-refractivity contribution < 1.29 is 22.7 Å². The molecule has 2 rings (SSSR count). The average molecular weight is 413 g/mol. The van der Waals surface area contributed by atoms with Gasteiger partial charge in [-0.15, -0.1) is 0 Å². The third kappa shape index (κ3) is 5.74. The Labute approximate surface area is 166 Å². The summed E-state index contributed by atoms with van der Waals surface area (Å²) in [6, 6.07) is 8.03. The fraction of sp³-hybridized carbons (Fsp3) is 0.556. The monoisotopic (exact) mass is 412 g/mol. The lowest BCUT2D eigenvalue weighted by Crippen LogP contribution is -2.48. The Hall–Kier alpha value is -2.01. The van der Waals surface area contributed by atoms with E-state index < -0.39 is 28.1 Å². The van der Waals surface area contributed by atoms with Gasteiger partial charge in [0.05, 0.1) is 18.0 Å². The van der Waals surface area contributed by atoms with Gasteiger partial charge in [-0.25, -0.2) is 8.42 Å². The fourth-order valence-corrected chi connectivity index (χ4v) is 4.41. The van der Waals surface area contributed by atoms with Crippen LogP contribution in [-0.4, -0.2) is 81.5 Å². The first-order valence-corrected chi connectivity index (χ1v) is 10.8. The van der Waals surface area contributed by atoms with Gasteiger partial charge in [0.1, 0.15) is 6.23 Å². The van der Waals surface area contributed by atoms with Crippen LogP contribution < -0.4 is 10.6 Å². The first kappa shape index (κ1) is 22.3. The van der Waals surface area contributed by atoms with Gasteiger partial charge in [0.25, 0.3) is 0 Å². The van der Waals surface area contributed by atoms with Gasteiger partial charge in [-0.1, -0.05) is 32.0 Å². The number of rotatable bonds is 9. The molecule has 1 heterocycles. The maximum atomic E-state index is 12.7. The number of benzene rings is 1. The molecule has 0 bridgehead atoms. The van der Waals surface area contributed by atoms with E-state index in [9.17, 15) is 18.0 Å². The summed E-state index contributed by atoms with van der Waals surface area (Å²) in [5, 5.41) is 5.01. The normalized spacial score (nSPS) is 17.6. The highest BCUT2D eigenvalue weighted by Crippen LogP contribution is 2.21. The summed E-state index contributed by atoms with van der Waals surface area (Å²) in [6.07, 6.45) is -0.849. The van der Waals surface area contributed by atoms with Crippen molar-refractivity contribution in [1.29, 1.82) is 0 Å². The number of likely N-dealkylation sites (N-methyl/N-ethyl adjacent to an activating group) is 1. The van der Waals surface area contributed by atoms with E-state index in [1.54, 1.807) is 18.2 Å². The third-order valence-corrected chi connectivity index (χ3v) is 6.45. The Morgan fingerprint density at radius 3 is 2.43 bits per heavy atom. The standard InChI is InChI=1S/C18H28N4O5S/c1-3-21(4-2)11-10-19-17(23)18(24)20-14-16-22(12-13-27-16)28(25,26)15-8-6-5-7-9-15/h5-9,16H,3-4,10-14H2,1-2H3,(H,19,23)(H,20,24)/t16-/m1/s1. The predicted molar refractivity (Wildman–Crippen MR) is 104 cm³/mol. The first-order valence-electron chi connectivity index (χ1n) is 9.37. The van der Waals surface area contributed by atoms with Crippen LogP contribution in [0.3, 0.4) is 0 Å². The minimum Gasteiger partial charge on any atom is -0.359 e. The molecule has 1 saturated heterocycles. The molecule has 2 amide bonds. The van der Waals surface area contributed by atoms with Gasteiger partial charge in [0, 0.05) is 19.6 Å². The van der Waals surface area contributed by atoms with Crippen molar-refractivity contribution in [1.82, 2.24) is 19.8 Å². The van der Waals surface area contributed by atoms with Crippen LogP contribution in [0.5, 0.6) is 0 Å². The van der Waals surface area contributed by atoms with E-state index in [0.717, 1.165) is 13.1 Å². The number of amides is 2. The second-order valence-electron chi connectivity index (χ2n) is 6.25. The molecule has 156 valence electrons. The molecule has 1 atom stereocenters. The van der Waals surface area contributed by atoms with E-state index in [2.05, 4.69) is 15.5 Å². The molecule has 0 spiro atoms. The summed E-state index contributed by atoms with van der Waals surface area (Å²) in [6.45, 7) is 7.10. The van der Waals surface area contributed by atoms with Gasteiger partial charge in [-0.3, -0.25) is 9.59 Å². The molecule has 28 heavy (non-hydrogen) atoms. The highest BCUT2D eigenvalue weighted by molar-refractivity contribution is 7.89. The van der Waals surface area contributed by atoms with E-state index >= 15 is 0 Å². The Morgan fingerprint density at radius 2 is 1.79 bits per heavy atom. The van der Waals surface area contributed by atoms with E-state index in [-0.39, 0.29) is 24.6 Å². The largest absolute Gasteiger partial charge is 0.359 e. The molecule has 1 aliphatic rings. The van der Waals surface area contributed by atoms with Crippen molar-refractivity contribution in [3.05, 3.63) is 30.3 Å². The SMILES string of the molecule is CCN(CC)CCNC(=O)C(=O)NC[C@H]1OCCN1S(=O)(=O)c1ccccc1. The van der Waals surface area contributed by atoms with Crippen LogP contribution in [0, 0.1) is 0 Å². The highest BCUT2D eigenvalue weighted by atomic mass is 32.2. The number of hydrogen-bond acceptors (Lipinski definition) is 6. The molecule has 1 aromatic rings. The molecule has 2 N–H and O–H groups in total. The Kier molecular flexibility index (Phi) is 8.36. The maximum Gasteiger partial charge on any atom is 0.309 e. The number of carbonyl (C=O) groups excluding carboxylic acids is 2. The summed E-state index contributed by atoms with van der Waals surface area (Å²) in [7, 11) is -3.73. The molecule has 1 aliphatic heterocycles. The van der Waals surface area contributed by atoms with Crippen molar-refractivity contribution in [2.45, 2.75) is 25.0 Å². The van der Waals surface area contributed by atoms with Crippen LogP contribution in [0.15, 0.2) is 35.2 Å². The minimum absolute atomic E-state index is 0.103. The van der Waals surface area contributed by atoms with Gasteiger partial charge in [0.2, 0.25) is 10.0 Å². The van der Waals surface area contributed by atoms with Crippen LogP contribution in [0.2, 0.25) is 0 Å². The summed E-state index contributed by atoms with van der Waals surface area (Å²) in [5.74, 6) is -1.56. The fourth-order valence-electron chi connectivity index (χ4n) is 2.88. The molecule has 0 unspecified atom stereocenters. The zero-order chi connectivity index (χ0) is 20.6. The molecule has 0 aromatic heterocycles. The lowest BCUT2D eigenvalue weighted by molar-refractivity contribution is -0.139. The van der Waals surface area contributed by atoms with Crippen LogP contribution in [0.4, 0.5) is 0 Å². The van der Waals surface area contributed by atoms with E-state index in [1.165, 1.54) is 16.4 Å². The van der Waals surface area contributed by atoms with Crippen molar-refractivity contribution >= 4 is 21.8 Å². The second kappa shape index (κ2) is 10.5. The maximum absolute atomic E-state index is 12.7. The summed E-state index contributed by atoms with van der Waals surface area (Å²) in [5.41, 5.74) is 0. The lowest BCUT2D eigenvalue weighted by Gasteiger charge is -2.23. The van der Waals surface area contributed by atoms with Crippen molar-refractivity contribution in [3.8, 4) is 0 Å². The number of ether oxygens (including phenoxy) is 1. The van der Waals surface area contributed by atoms with Crippen molar-refractivity contribution in [2.24, 2.45) is 0 Å². The Balaban J connectivity index is 1.86. The summed E-state index contributed by atoms with van der Waals surface area (Å²) in [4.78, 5) is 26.2. The molecule has 10 heteroatoms. The van der Waals surface area contributed by atoms with Crippen LogP contribution in [0.1, 0.15) is 13.8 Å². The number of sulfonamides is 1. The lowest BCUT2D eigenvalue weighted by atomic mass is 10.4. The van der Waals surface area contributed by atoms with Crippen LogP contribution in [0.25, 0.3) is 0 Å². The predicted octanol–water partition coefficient (Wildman–Crippen LogP) is -0.392. The Morgan fingerprint density at radius 1 is 1.14 bits per heavy atom.